The number of alkyl halides is 3. The molecule has 0 saturated carbocycles. The Hall–Kier alpha value is -1.70. The van der Waals surface area contributed by atoms with Crippen molar-refractivity contribution in [1.29, 1.82) is 5.26 Å². The van der Waals surface area contributed by atoms with Crippen LogP contribution >= 0.6 is 0 Å². The molecule has 0 aromatic heterocycles. The molecule has 0 unspecified atom stereocenters. The Morgan fingerprint density at radius 3 is 2.43 bits per heavy atom. The number of benzene rings is 1. The molecule has 0 aliphatic rings. The summed E-state index contributed by atoms with van der Waals surface area (Å²) in [6, 6.07) is 3.47. The standard InChI is InChI=1S/C11H10F4N2O3S/c12-10-2-1-9(5-8(10)6-16)21(19,20)17(3-4-18)7-11(13,14)15/h1-2,5,18H,3-4,7H2. The number of rotatable bonds is 5. The molecule has 0 aliphatic carbocycles. The van der Waals surface area contributed by atoms with Crippen LogP contribution < -0.4 is 0 Å². The van der Waals surface area contributed by atoms with Crippen molar-refractivity contribution in [3.8, 4) is 6.07 Å². The van der Waals surface area contributed by atoms with Crippen molar-refractivity contribution in [2.24, 2.45) is 0 Å². The molecule has 116 valence electrons. The van der Waals surface area contributed by atoms with Gasteiger partial charge in [-0.15, -0.1) is 0 Å². The van der Waals surface area contributed by atoms with E-state index in [9.17, 15) is 26.0 Å². The number of aliphatic hydroxyl groups is 1. The molecule has 0 aliphatic heterocycles. The van der Waals surface area contributed by atoms with E-state index < -0.39 is 52.2 Å². The minimum absolute atomic E-state index is 0.0153. The lowest BCUT2D eigenvalue weighted by Gasteiger charge is -2.22. The first kappa shape index (κ1) is 17.4. The summed E-state index contributed by atoms with van der Waals surface area (Å²) in [5.41, 5.74) is -0.605. The zero-order chi connectivity index (χ0) is 16.3. The van der Waals surface area contributed by atoms with E-state index in [1.54, 1.807) is 0 Å². The molecule has 1 rings (SSSR count). The molecule has 0 amide bonds. The van der Waals surface area contributed by atoms with Crippen LogP contribution in [0.1, 0.15) is 5.56 Å². The van der Waals surface area contributed by atoms with E-state index >= 15 is 0 Å². The first-order chi connectivity index (χ1) is 9.61. The maximum Gasteiger partial charge on any atom is 0.402 e. The number of halogens is 4. The van der Waals surface area contributed by atoms with E-state index in [-0.39, 0.29) is 4.31 Å². The number of aliphatic hydroxyl groups excluding tert-OH is 1. The summed E-state index contributed by atoms with van der Waals surface area (Å²) in [6.07, 6.45) is -4.81. The van der Waals surface area contributed by atoms with Crippen LogP contribution in [0.25, 0.3) is 0 Å². The van der Waals surface area contributed by atoms with Crippen molar-refractivity contribution in [2.75, 3.05) is 19.7 Å². The van der Waals surface area contributed by atoms with Gasteiger partial charge in [0.25, 0.3) is 0 Å². The second-order valence-corrected chi connectivity index (χ2v) is 5.87. The van der Waals surface area contributed by atoms with Gasteiger partial charge in [0.2, 0.25) is 10.0 Å². The first-order valence-corrected chi connectivity index (χ1v) is 6.93. The second kappa shape index (κ2) is 6.38. The van der Waals surface area contributed by atoms with E-state index in [1.165, 1.54) is 6.07 Å². The minimum Gasteiger partial charge on any atom is -0.395 e. The molecule has 0 atom stereocenters. The highest BCUT2D eigenvalue weighted by Crippen LogP contribution is 2.23. The number of nitriles is 1. The van der Waals surface area contributed by atoms with Gasteiger partial charge in [0.05, 0.1) is 17.1 Å². The van der Waals surface area contributed by atoms with Gasteiger partial charge in [0, 0.05) is 6.54 Å². The maximum atomic E-state index is 13.1. The average Bonchev–Trinajstić information content (AvgIpc) is 2.37. The molecule has 0 bridgehead atoms. The molecule has 1 aromatic carbocycles. The molecular formula is C11H10F4N2O3S. The van der Waals surface area contributed by atoms with E-state index in [0.29, 0.717) is 12.1 Å². The highest BCUT2D eigenvalue weighted by Gasteiger charge is 2.37. The van der Waals surface area contributed by atoms with Crippen molar-refractivity contribution in [3.63, 3.8) is 0 Å². The zero-order valence-electron chi connectivity index (χ0n) is 10.4. The third-order valence-corrected chi connectivity index (χ3v) is 4.24. The van der Waals surface area contributed by atoms with Crippen LogP contribution in [0.3, 0.4) is 0 Å². The summed E-state index contributed by atoms with van der Waals surface area (Å²) in [7, 11) is -4.61. The Morgan fingerprint density at radius 2 is 1.95 bits per heavy atom. The SMILES string of the molecule is N#Cc1cc(S(=O)(=O)N(CCO)CC(F)(F)F)ccc1F. The third kappa shape index (κ3) is 4.38. The van der Waals surface area contributed by atoms with Gasteiger partial charge in [-0.25, -0.2) is 12.8 Å². The Kier molecular flexibility index (Phi) is 5.27. The summed E-state index contributed by atoms with van der Waals surface area (Å²) in [5.74, 6) is -0.985. The first-order valence-electron chi connectivity index (χ1n) is 5.49. The van der Waals surface area contributed by atoms with Gasteiger partial charge in [0.1, 0.15) is 18.4 Å². The molecular weight excluding hydrogens is 316 g/mol. The number of hydrogen-bond acceptors (Lipinski definition) is 4. The van der Waals surface area contributed by atoms with Crippen molar-refractivity contribution in [1.82, 2.24) is 4.31 Å². The fourth-order valence-corrected chi connectivity index (χ4v) is 2.94. The number of hydrogen-bond donors (Lipinski definition) is 1. The molecule has 0 radical (unpaired) electrons. The number of sulfonamides is 1. The largest absolute Gasteiger partial charge is 0.402 e. The quantitative estimate of drug-likeness (QED) is 0.826. The summed E-state index contributed by atoms with van der Waals surface area (Å²) in [6.45, 7) is -3.39. The third-order valence-electron chi connectivity index (χ3n) is 2.40. The predicted molar refractivity (Wildman–Crippen MR) is 63.0 cm³/mol. The van der Waals surface area contributed by atoms with Crippen LogP contribution in [0.4, 0.5) is 17.6 Å². The van der Waals surface area contributed by atoms with Crippen molar-refractivity contribution < 1.29 is 31.1 Å². The molecule has 0 heterocycles. The molecule has 10 heteroatoms. The topological polar surface area (TPSA) is 81.4 Å². The van der Waals surface area contributed by atoms with Crippen molar-refractivity contribution in [2.45, 2.75) is 11.1 Å². The van der Waals surface area contributed by atoms with Gasteiger partial charge in [-0.2, -0.15) is 22.7 Å². The Labute approximate surface area is 118 Å². The van der Waals surface area contributed by atoms with Crippen LogP contribution in [0, 0.1) is 17.1 Å². The summed E-state index contributed by atoms with van der Waals surface area (Å²) < 4.78 is 74.4. The summed E-state index contributed by atoms with van der Waals surface area (Å²) in [5, 5.41) is 17.3. The minimum atomic E-state index is -4.81. The van der Waals surface area contributed by atoms with E-state index in [1.807, 2.05) is 0 Å². The van der Waals surface area contributed by atoms with E-state index in [4.69, 9.17) is 10.4 Å². The van der Waals surface area contributed by atoms with Crippen molar-refractivity contribution >= 4 is 10.0 Å². The lowest BCUT2D eigenvalue weighted by molar-refractivity contribution is -0.136. The van der Waals surface area contributed by atoms with E-state index in [0.717, 1.165) is 6.07 Å². The molecule has 0 saturated heterocycles. The molecule has 0 fully saturated rings. The average molecular weight is 326 g/mol. The fraction of sp³-hybridized carbons (Fsp3) is 0.364. The fourth-order valence-electron chi connectivity index (χ4n) is 1.50. The molecule has 1 aromatic rings. The zero-order valence-corrected chi connectivity index (χ0v) is 11.2. The van der Waals surface area contributed by atoms with Gasteiger partial charge < -0.3 is 5.11 Å². The van der Waals surface area contributed by atoms with Crippen LogP contribution in [0.15, 0.2) is 23.1 Å². The molecule has 1 N–H and O–H groups in total. The predicted octanol–water partition coefficient (Wildman–Crippen LogP) is 1.24. The van der Waals surface area contributed by atoms with Crippen LogP contribution in [-0.4, -0.2) is 43.7 Å². The highest BCUT2D eigenvalue weighted by atomic mass is 32.2. The van der Waals surface area contributed by atoms with Gasteiger partial charge in [0.15, 0.2) is 0 Å². The molecule has 5 nitrogen and oxygen atoms in total. The van der Waals surface area contributed by atoms with Gasteiger partial charge in [-0.1, -0.05) is 0 Å². The Bertz CT molecular complexity index is 652. The summed E-state index contributed by atoms with van der Waals surface area (Å²) >= 11 is 0. The monoisotopic (exact) mass is 326 g/mol. The smallest absolute Gasteiger partial charge is 0.395 e. The van der Waals surface area contributed by atoms with Crippen LogP contribution in [0.5, 0.6) is 0 Å². The van der Waals surface area contributed by atoms with Crippen molar-refractivity contribution in [3.05, 3.63) is 29.6 Å². The number of nitrogens with zero attached hydrogens (tertiary/aromatic N) is 2. The lowest BCUT2D eigenvalue weighted by atomic mass is 10.2. The van der Waals surface area contributed by atoms with Gasteiger partial charge >= 0.3 is 6.18 Å². The van der Waals surface area contributed by atoms with Gasteiger partial charge in [-0.05, 0) is 18.2 Å². The lowest BCUT2D eigenvalue weighted by Crippen LogP contribution is -2.40. The summed E-state index contributed by atoms with van der Waals surface area (Å²) in [4.78, 5) is -0.654. The second-order valence-electron chi connectivity index (χ2n) is 3.93. The van der Waals surface area contributed by atoms with E-state index in [2.05, 4.69) is 0 Å². The maximum absolute atomic E-state index is 13.1. The highest BCUT2D eigenvalue weighted by molar-refractivity contribution is 7.89. The molecule has 21 heavy (non-hydrogen) atoms. The van der Waals surface area contributed by atoms with Crippen LogP contribution in [0.2, 0.25) is 0 Å². The van der Waals surface area contributed by atoms with Gasteiger partial charge in [-0.3, -0.25) is 0 Å². The normalized spacial score (nSPS) is 12.4. The Morgan fingerprint density at radius 1 is 1.33 bits per heavy atom. The Balaban J connectivity index is 3.26. The molecule has 0 spiro atoms. The van der Waals surface area contributed by atoms with Crippen LogP contribution in [-0.2, 0) is 10.0 Å².